The highest BCUT2D eigenvalue weighted by Gasteiger charge is 2.44. The number of piperidine rings is 1. The van der Waals surface area contributed by atoms with Crippen molar-refractivity contribution in [3.05, 3.63) is 65.7 Å². The molecule has 1 amide bonds. The van der Waals surface area contributed by atoms with Gasteiger partial charge in [-0.2, -0.15) is 0 Å². The molecule has 1 aliphatic heterocycles. The lowest BCUT2D eigenvalue weighted by Crippen LogP contribution is -2.45. The van der Waals surface area contributed by atoms with Crippen LogP contribution in [0.25, 0.3) is 0 Å². The molecule has 4 rings (SSSR count). The molecule has 4 nitrogen and oxygen atoms in total. The molecule has 1 aliphatic carbocycles. The van der Waals surface area contributed by atoms with Crippen LogP contribution in [0, 0.1) is 11.7 Å². The van der Waals surface area contributed by atoms with Gasteiger partial charge in [0, 0.05) is 43.1 Å². The highest BCUT2D eigenvalue weighted by molar-refractivity contribution is 5.94. The molecule has 2 bridgehead atoms. The van der Waals surface area contributed by atoms with Crippen LogP contribution in [0.2, 0.25) is 0 Å². The first kappa shape index (κ1) is 15.3. The molecule has 124 valence electrons. The number of aromatic nitrogens is 1. The molecule has 0 spiro atoms. The summed E-state index contributed by atoms with van der Waals surface area (Å²) in [5.74, 6) is -0.0683. The van der Waals surface area contributed by atoms with Crippen LogP contribution < -0.4 is 5.32 Å². The molecule has 2 heterocycles. The molecule has 2 fully saturated rings. The zero-order chi connectivity index (χ0) is 16.5. The van der Waals surface area contributed by atoms with Crippen LogP contribution in [-0.4, -0.2) is 34.4 Å². The summed E-state index contributed by atoms with van der Waals surface area (Å²) in [6.07, 6.45) is 5.74. The van der Waals surface area contributed by atoms with Crippen LogP contribution in [0.5, 0.6) is 0 Å². The predicted octanol–water partition coefficient (Wildman–Crippen LogP) is 2.61. The molecule has 0 radical (unpaired) electrons. The lowest BCUT2D eigenvalue weighted by molar-refractivity contribution is 0.0903. The molecule has 1 aromatic carbocycles. The van der Waals surface area contributed by atoms with Crippen molar-refractivity contribution in [1.29, 1.82) is 0 Å². The van der Waals surface area contributed by atoms with Gasteiger partial charge in [0.15, 0.2) is 0 Å². The van der Waals surface area contributed by atoms with E-state index in [0.717, 1.165) is 25.9 Å². The zero-order valence-corrected chi connectivity index (χ0v) is 13.4. The summed E-state index contributed by atoms with van der Waals surface area (Å²) in [6.45, 7) is 1.94. The second kappa shape index (κ2) is 6.32. The minimum Gasteiger partial charge on any atom is -0.349 e. The lowest BCUT2D eigenvalue weighted by atomic mass is 10.0. The van der Waals surface area contributed by atoms with E-state index in [9.17, 15) is 9.18 Å². The highest BCUT2D eigenvalue weighted by Crippen LogP contribution is 2.38. The Morgan fingerprint density at radius 1 is 1.25 bits per heavy atom. The Hall–Kier alpha value is -2.27. The second-order valence-electron chi connectivity index (χ2n) is 6.76. The summed E-state index contributed by atoms with van der Waals surface area (Å²) < 4.78 is 13.3. The van der Waals surface area contributed by atoms with Gasteiger partial charge in [-0.3, -0.25) is 14.7 Å². The third kappa shape index (κ3) is 3.04. The van der Waals surface area contributed by atoms with Gasteiger partial charge in [0.25, 0.3) is 5.91 Å². The van der Waals surface area contributed by atoms with E-state index in [4.69, 9.17) is 0 Å². The van der Waals surface area contributed by atoms with E-state index in [-0.39, 0.29) is 17.8 Å². The Labute approximate surface area is 140 Å². The SMILES string of the molecule is O=C(NC1CC2CC1CN2Cc1ccncc1)c1cccc(F)c1. The summed E-state index contributed by atoms with van der Waals surface area (Å²) in [6, 6.07) is 10.7. The number of nitrogens with one attached hydrogen (secondary N) is 1. The molecule has 5 heteroatoms. The topological polar surface area (TPSA) is 45.2 Å². The van der Waals surface area contributed by atoms with Crippen LogP contribution in [0.3, 0.4) is 0 Å². The van der Waals surface area contributed by atoms with Crippen molar-refractivity contribution < 1.29 is 9.18 Å². The number of fused-ring (bicyclic) bond motifs is 2. The Bertz CT molecular complexity index is 736. The number of pyridine rings is 1. The third-order valence-electron chi connectivity index (χ3n) is 5.19. The molecular weight excluding hydrogens is 305 g/mol. The van der Waals surface area contributed by atoms with Crippen molar-refractivity contribution in [2.45, 2.75) is 31.5 Å². The number of hydrogen-bond donors (Lipinski definition) is 1. The molecule has 1 saturated carbocycles. The summed E-state index contributed by atoms with van der Waals surface area (Å²) in [7, 11) is 0. The molecule has 1 saturated heterocycles. The number of nitrogens with zero attached hydrogens (tertiary/aromatic N) is 2. The fraction of sp³-hybridized carbons (Fsp3) is 0.368. The van der Waals surface area contributed by atoms with Gasteiger partial charge in [-0.05, 0) is 54.7 Å². The van der Waals surface area contributed by atoms with Gasteiger partial charge in [-0.15, -0.1) is 0 Å². The van der Waals surface area contributed by atoms with Crippen molar-refractivity contribution in [3.63, 3.8) is 0 Å². The first-order chi connectivity index (χ1) is 11.7. The lowest BCUT2D eigenvalue weighted by Gasteiger charge is -2.32. The number of halogens is 1. The van der Waals surface area contributed by atoms with Gasteiger partial charge in [-0.25, -0.2) is 4.39 Å². The fourth-order valence-corrected chi connectivity index (χ4v) is 4.02. The monoisotopic (exact) mass is 325 g/mol. The molecular formula is C19H20FN3O. The average Bonchev–Trinajstić information content (AvgIpc) is 3.15. The predicted molar refractivity (Wildman–Crippen MR) is 88.8 cm³/mol. The minimum atomic E-state index is -0.376. The summed E-state index contributed by atoms with van der Waals surface area (Å²) >= 11 is 0. The van der Waals surface area contributed by atoms with E-state index in [1.54, 1.807) is 12.1 Å². The number of carbonyl (C=O) groups is 1. The first-order valence-electron chi connectivity index (χ1n) is 8.38. The van der Waals surface area contributed by atoms with Crippen LogP contribution in [0.4, 0.5) is 4.39 Å². The van der Waals surface area contributed by atoms with Gasteiger partial charge < -0.3 is 5.32 Å². The van der Waals surface area contributed by atoms with Crippen LogP contribution in [-0.2, 0) is 6.54 Å². The Morgan fingerprint density at radius 3 is 2.79 bits per heavy atom. The van der Waals surface area contributed by atoms with Crippen molar-refractivity contribution in [3.8, 4) is 0 Å². The molecule has 2 aromatic rings. The normalized spacial score (nSPS) is 25.8. The number of hydrogen-bond acceptors (Lipinski definition) is 3. The maximum Gasteiger partial charge on any atom is 0.251 e. The van der Waals surface area contributed by atoms with Gasteiger partial charge in [0.1, 0.15) is 5.82 Å². The van der Waals surface area contributed by atoms with Gasteiger partial charge in [-0.1, -0.05) is 6.07 Å². The van der Waals surface area contributed by atoms with Crippen molar-refractivity contribution in [2.75, 3.05) is 6.54 Å². The van der Waals surface area contributed by atoms with Crippen molar-refractivity contribution >= 4 is 5.91 Å². The maximum absolute atomic E-state index is 13.3. The number of likely N-dealkylation sites (tertiary alicyclic amines) is 1. The summed E-state index contributed by atoms with van der Waals surface area (Å²) in [4.78, 5) is 18.8. The van der Waals surface area contributed by atoms with E-state index in [2.05, 4.69) is 27.3 Å². The smallest absolute Gasteiger partial charge is 0.251 e. The minimum absolute atomic E-state index is 0.173. The third-order valence-corrected chi connectivity index (χ3v) is 5.19. The standard InChI is InChI=1S/C19H20FN3O/c20-16-3-1-2-14(8-16)19(24)22-18-10-17-9-15(18)12-23(17)11-13-4-6-21-7-5-13/h1-8,15,17-18H,9-12H2,(H,22,24). The molecule has 3 unspecified atom stereocenters. The fourth-order valence-electron chi connectivity index (χ4n) is 4.02. The molecule has 3 atom stereocenters. The number of rotatable bonds is 4. The van der Waals surface area contributed by atoms with Crippen LogP contribution >= 0.6 is 0 Å². The Kier molecular flexibility index (Phi) is 4.02. The quantitative estimate of drug-likeness (QED) is 0.940. The zero-order valence-electron chi connectivity index (χ0n) is 13.4. The van der Waals surface area contributed by atoms with E-state index in [1.165, 1.54) is 17.7 Å². The molecule has 24 heavy (non-hydrogen) atoms. The summed E-state index contributed by atoms with van der Waals surface area (Å²) in [5.41, 5.74) is 1.67. The molecule has 1 N–H and O–H groups in total. The van der Waals surface area contributed by atoms with Gasteiger partial charge in [0.05, 0.1) is 0 Å². The van der Waals surface area contributed by atoms with E-state index < -0.39 is 0 Å². The Balaban J connectivity index is 1.35. The van der Waals surface area contributed by atoms with Gasteiger partial charge >= 0.3 is 0 Å². The van der Waals surface area contributed by atoms with E-state index in [0.29, 0.717) is 17.5 Å². The summed E-state index contributed by atoms with van der Waals surface area (Å²) in [5, 5.41) is 3.10. The number of carbonyl (C=O) groups excluding carboxylic acids is 1. The Morgan fingerprint density at radius 2 is 2.08 bits per heavy atom. The van der Waals surface area contributed by atoms with Crippen LogP contribution in [0.1, 0.15) is 28.8 Å². The van der Waals surface area contributed by atoms with Crippen molar-refractivity contribution in [2.24, 2.45) is 5.92 Å². The maximum atomic E-state index is 13.3. The molecule has 1 aromatic heterocycles. The average molecular weight is 325 g/mol. The van der Waals surface area contributed by atoms with Gasteiger partial charge in [0.2, 0.25) is 0 Å². The molecule has 2 aliphatic rings. The van der Waals surface area contributed by atoms with E-state index in [1.807, 2.05) is 12.4 Å². The number of benzene rings is 1. The number of amides is 1. The van der Waals surface area contributed by atoms with E-state index >= 15 is 0 Å². The first-order valence-corrected chi connectivity index (χ1v) is 8.38. The highest BCUT2D eigenvalue weighted by atomic mass is 19.1. The van der Waals surface area contributed by atoms with Crippen molar-refractivity contribution in [1.82, 2.24) is 15.2 Å². The second-order valence-corrected chi connectivity index (χ2v) is 6.76. The largest absolute Gasteiger partial charge is 0.349 e. The van der Waals surface area contributed by atoms with Crippen LogP contribution in [0.15, 0.2) is 48.8 Å².